The molecule has 0 aliphatic carbocycles. The quantitative estimate of drug-likeness (QED) is 0.162. The number of rotatable bonds is 14. The summed E-state index contributed by atoms with van der Waals surface area (Å²) in [4.78, 5) is 18.8. The van der Waals surface area contributed by atoms with Gasteiger partial charge in [0, 0.05) is 34.1 Å². The van der Waals surface area contributed by atoms with Gasteiger partial charge in [-0.3, -0.25) is 4.79 Å². The van der Waals surface area contributed by atoms with Crippen molar-refractivity contribution in [3.63, 3.8) is 0 Å². The molecule has 3 aromatic rings. The first-order chi connectivity index (χ1) is 17.8. The molecule has 196 valence electrons. The van der Waals surface area contributed by atoms with E-state index in [1.165, 1.54) is 15.7 Å². The molecule has 3 rings (SSSR count). The summed E-state index contributed by atoms with van der Waals surface area (Å²) in [6.07, 6.45) is 3.94. The van der Waals surface area contributed by atoms with Gasteiger partial charge in [-0.2, -0.15) is 0 Å². The van der Waals surface area contributed by atoms with E-state index in [9.17, 15) is 9.18 Å². The molecule has 0 unspecified atom stereocenters. The first kappa shape index (κ1) is 28.3. The summed E-state index contributed by atoms with van der Waals surface area (Å²) in [5, 5.41) is 8.87. The van der Waals surface area contributed by atoms with Crippen LogP contribution in [0.2, 0.25) is 0 Å². The van der Waals surface area contributed by atoms with E-state index in [1.807, 2.05) is 24.3 Å². The summed E-state index contributed by atoms with van der Waals surface area (Å²) in [6.45, 7) is 5.65. The van der Waals surface area contributed by atoms with Crippen molar-refractivity contribution in [2.45, 2.75) is 19.3 Å². The summed E-state index contributed by atoms with van der Waals surface area (Å²) < 4.78 is 25.6. The van der Waals surface area contributed by atoms with E-state index in [0.717, 1.165) is 31.5 Å². The fourth-order valence-electron chi connectivity index (χ4n) is 3.42. The van der Waals surface area contributed by atoms with Crippen LogP contribution in [0.3, 0.4) is 0 Å². The van der Waals surface area contributed by atoms with Gasteiger partial charge in [0.1, 0.15) is 17.4 Å². The topological polar surface area (TPSA) is 78.5 Å². The second-order valence-electron chi connectivity index (χ2n) is 8.65. The van der Waals surface area contributed by atoms with Crippen LogP contribution in [0.25, 0.3) is 0 Å². The van der Waals surface area contributed by atoms with Crippen LogP contribution in [-0.4, -0.2) is 47.5 Å². The van der Waals surface area contributed by atoms with Gasteiger partial charge >= 0.3 is 0 Å². The minimum atomic E-state index is -0.549. The molecule has 0 aliphatic rings. The largest absolute Gasteiger partial charge is 0.454 e. The van der Waals surface area contributed by atoms with E-state index in [-0.39, 0.29) is 44.6 Å². The van der Waals surface area contributed by atoms with Gasteiger partial charge < -0.3 is 25.6 Å². The van der Waals surface area contributed by atoms with Gasteiger partial charge in [-0.1, -0.05) is 44.0 Å². The van der Waals surface area contributed by atoms with Gasteiger partial charge in [-0.05, 0) is 69.4 Å². The molecule has 1 aromatic heterocycles. The number of amides is 1. The third kappa shape index (κ3) is 9.93. The summed E-state index contributed by atoms with van der Waals surface area (Å²) >= 11 is -0.217. The van der Waals surface area contributed by atoms with E-state index in [2.05, 4.69) is 51.0 Å². The summed E-state index contributed by atoms with van der Waals surface area (Å²) in [5.41, 5.74) is 1.34. The number of hydrogen-bond donors (Lipinski definition) is 3. The van der Waals surface area contributed by atoms with E-state index >= 15 is 0 Å². The Kier molecular flexibility index (Phi) is 11.0. The molecule has 0 saturated carbocycles. The fraction of sp³-hybridized carbons (Fsp3) is 0.250. The number of anilines is 2. The number of aromatic nitrogens is 1. The van der Waals surface area contributed by atoms with Gasteiger partial charge in [-0.15, -0.1) is 0 Å². The highest BCUT2D eigenvalue weighted by Gasteiger charge is 2.10. The monoisotopic (exact) mass is 617 g/mol. The van der Waals surface area contributed by atoms with Crippen LogP contribution in [0, 0.1) is 9.39 Å². The fourth-order valence-corrected chi connectivity index (χ4v) is 4.29. The molecular formula is C28H33FIN5O2. The Balaban J connectivity index is 1.49. The van der Waals surface area contributed by atoms with Crippen LogP contribution >= 0.6 is 20.7 Å². The van der Waals surface area contributed by atoms with Crippen molar-refractivity contribution in [2.75, 3.05) is 37.8 Å². The zero-order valence-corrected chi connectivity index (χ0v) is 23.3. The van der Waals surface area contributed by atoms with Crippen LogP contribution in [0.4, 0.5) is 15.9 Å². The number of pyridine rings is 1. The number of ether oxygens (including phenoxy) is 1. The van der Waals surface area contributed by atoms with Crippen LogP contribution in [-0.2, 0) is 11.2 Å². The molecule has 2 aromatic carbocycles. The number of carbonyl (C=O) groups excluding carboxylic acids is 1. The van der Waals surface area contributed by atoms with Crippen molar-refractivity contribution in [1.29, 1.82) is 0 Å². The summed E-state index contributed by atoms with van der Waals surface area (Å²) in [5.74, 6) is 0.729. The lowest BCUT2D eigenvalue weighted by atomic mass is 10.1. The summed E-state index contributed by atoms with van der Waals surface area (Å²) in [6, 6.07) is 15.7. The molecule has 3 N–H and O–H groups in total. The van der Waals surface area contributed by atoms with Crippen LogP contribution in [0.5, 0.6) is 11.5 Å². The number of nitrogens with zero attached hydrogens (tertiary/aromatic N) is 2. The first-order valence-electron chi connectivity index (χ1n) is 11.9. The van der Waals surface area contributed by atoms with E-state index in [4.69, 9.17) is 4.74 Å². The highest BCUT2D eigenvalue weighted by molar-refractivity contribution is 14.2. The van der Waals surface area contributed by atoms with Gasteiger partial charge in [0.05, 0.1) is 6.42 Å². The lowest BCUT2D eigenvalue weighted by Crippen LogP contribution is -2.27. The maximum atomic E-state index is 14.7. The molecule has 0 radical (unpaired) electrons. The lowest BCUT2D eigenvalue weighted by molar-refractivity contribution is -0.119. The Morgan fingerprint density at radius 3 is 2.59 bits per heavy atom. The number of unbranched alkanes of at least 4 members (excludes halogenated alkanes) is 1. The predicted molar refractivity (Wildman–Crippen MR) is 158 cm³/mol. The number of benzene rings is 2. The average molecular weight is 618 g/mol. The van der Waals surface area contributed by atoms with Crippen molar-refractivity contribution < 1.29 is 13.9 Å². The van der Waals surface area contributed by atoms with Gasteiger partial charge in [0.15, 0.2) is 11.6 Å². The van der Waals surface area contributed by atoms with Crippen LogP contribution in [0.1, 0.15) is 18.4 Å². The zero-order valence-electron chi connectivity index (χ0n) is 21.2. The minimum absolute atomic E-state index is 0.0801. The molecule has 0 aliphatic heterocycles. The van der Waals surface area contributed by atoms with Crippen molar-refractivity contribution in [3.8, 4) is 11.5 Å². The van der Waals surface area contributed by atoms with Crippen molar-refractivity contribution in [3.05, 3.63) is 88.1 Å². The van der Waals surface area contributed by atoms with Crippen molar-refractivity contribution >= 4 is 42.7 Å². The second-order valence-corrected chi connectivity index (χ2v) is 10.7. The van der Waals surface area contributed by atoms with Crippen molar-refractivity contribution in [2.24, 2.45) is 0 Å². The first-order valence-corrected chi connectivity index (χ1v) is 14.5. The normalized spacial score (nSPS) is 10.7. The Morgan fingerprint density at radius 2 is 1.89 bits per heavy atom. The molecule has 37 heavy (non-hydrogen) atoms. The van der Waals surface area contributed by atoms with Gasteiger partial charge in [0.2, 0.25) is 5.91 Å². The molecule has 0 saturated heterocycles. The zero-order chi connectivity index (χ0) is 26.6. The van der Waals surface area contributed by atoms with E-state index in [0.29, 0.717) is 17.3 Å². The maximum absolute atomic E-state index is 14.7. The molecule has 0 spiro atoms. The second kappa shape index (κ2) is 14.4. The van der Waals surface area contributed by atoms with Crippen LogP contribution < -0.4 is 20.7 Å². The Hall–Kier alpha value is -3.31. The SMILES string of the molecule is C=Ic1ccc(CC(=O)NC(=C)Nc2ccc(Oc3ccnc(NCCCCN(C)C)c3)c(F)c2)cc1. The molecule has 9 heteroatoms. The predicted octanol–water partition coefficient (Wildman–Crippen LogP) is 5.58. The summed E-state index contributed by atoms with van der Waals surface area (Å²) in [7, 11) is 4.11. The van der Waals surface area contributed by atoms with Crippen LogP contribution in [0.15, 0.2) is 73.2 Å². The highest BCUT2D eigenvalue weighted by atomic mass is 127. The van der Waals surface area contributed by atoms with Gasteiger partial charge in [0.25, 0.3) is 0 Å². The Bertz CT molecular complexity index is 1220. The molecule has 0 bridgehead atoms. The van der Waals surface area contributed by atoms with Crippen molar-refractivity contribution in [1.82, 2.24) is 15.2 Å². The van der Waals surface area contributed by atoms with E-state index in [1.54, 1.807) is 24.4 Å². The molecule has 1 amide bonds. The lowest BCUT2D eigenvalue weighted by Gasteiger charge is -2.13. The maximum Gasteiger partial charge on any atom is 0.229 e. The standard InChI is InChI=1S/C28H33FIN5O2/c1-20(34-28(36)17-21-7-9-22(30-2)10-8-21)33-23-11-12-26(25(29)18-23)37-24-13-15-32-27(19-24)31-14-5-6-16-35(3)4/h7-13,15,18-19,33H,1-2,5-6,14,16-17H2,3-4H3,(H,31,32)(H,34,36). The molecule has 0 atom stereocenters. The highest BCUT2D eigenvalue weighted by Crippen LogP contribution is 2.28. The number of halogens is 2. The Labute approximate surface area is 227 Å². The average Bonchev–Trinajstić information content (AvgIpc) is 2.86. The molecule has 0 fully saturated rings. The number of hydrogen-bond acceptors (Lipinski definition) is 6. The molecular weight excluding hydrogens is 584 g/mol. The minimum Gasteiger partial charge on any atom is -0.454 e. The number of nitrogens with one attached hydrogen (secondary N) is 3. The molecule has 1 heterocycles. The molecule has 7 nitrogen and oxygen atoms in total. The Morgan fingerprint density at radius 1 is 1.11 bits per heavy atom. The third-order valence-corrected chi connectivity index (χ3v) is 6.85. The number of carbonyl (C=O) groups is 1. The smallest absolute Gasteiger partial charge is 0.229 e. The third-order valence-electron chi connectivity index (χ3n) is 5.25. The van der Waals surface area contributed by atoms with E-state index < -0.39 is 5.82 Å². The van der Waals surface area contributed by atoms with Gasteiger partial charge in [-0.25, -0.2) is 9.37 Å².